The number of aliphatic hydroxyl groups is 1. The molecule has 1 aromatic carbocycles. The second kappa shape index (κ2) is 6.76. The minimum Gasteiger partial charge on any atom is -0.497 e. The van der Waals surface area contributed by atoms with Crippen LogP contribution in [-0.4, -0.2) is 31.5 Å². The highest BCUT2D eigenvalue weighted by atomic mass is 16.5. The van der Waals surface area contributed by atoms with E-state index >= 15 is 0 Å². The highest BCUT2D eigenvalue weighted by molar-refractivity contribution is 5.27. The van der Waals surface area contributed by atoms with Crippen LogP contribution >= 0.6 is 0 Å². The zero-order chi connectivity index (χ0) is 12.8. The molecule has 2 unspecified atom stereocenters. The summed E-state index contributed by atoms with van der Waals surface area (Å²) in [5.41, 5.74) is 1.24. The van der Waals surface area contributed by atoms with Crippen LogP contribution in [0.4, 0.5) is 0 Å². The Hall–Kier alpha value is -1.06. The van der Waals surface area contributed by atoms with Crippen LogP contribution in [0.5, 0.6) is 5.75 Å². The van der Waals surface area contributed by atoms with Gasteiger partial charge in [0.05, 0.1) is 13.2 Å². The Labute approximate surface area is 109 Å². The van der Waals surface area contributed by atoms with E-state index in [4.69, 9.17) is 9.47 Å². The Morgan fingerprint density at radius 1 is 1.39 bits per heavy atom. The van der Waals surface area contributed by atoms with Crippen molar-refractivity contribution >= 4 is 0 Å². The molecule has 1 aromatic rings. The van der Waals surface area contributed by atoms with E-state index < -0.39 is 0 Å². The van der Waals surface area contributed by atoms with Crippen molar-refractivity contribution in [3.05, 3.63) is 29.8 Å². The quantitative estimate of drug-likeness (QED) is 0.842. The highest BCUT2D eigenvalue weighted by Crippen LogP contribution is 2.23. The fraction of sp³-hybridized carbons (Fsp3) is 0.600. The molecule has 1 heterocycles. The molecule has 2 rings (SSSR count). The van der Waals surface area contributed by atoms with E-state index in [0.717, 1.165) is 38.0 Å². The molecular weight excluding hydrogens is 228 g/mol. The second-order valence-electron chi connectivity index (χ2n) is 4.97. The number of rotatable bonds is 6. The Kier molecular flexibility index (Phi) is 5.02. The van der Waals surface area contributed by atoms with Gasteiger partial charge < -0.3 is 14.6 Å². The molecule has 18 heavy (non-hydrogen) atoms. The molecule has 3 heteroatoms. The molecule has 0 saturated carbocycles. The van der Waals surface area contributed by atoms with Gasteiger partial charge in [-0.15, -0.1) is 0 Å². The average molecular weight is 250 g/mol. The summed E-state index contributed by atoms with van der Waals surface area (Å²) >= 11 is 0. The first-order chi connectivity index (χ1) is 8.81. The van der Waals surface area contributed by atoms with Crippen molar-refractivity contribution in [2.75, 3.05) is 20.3 Å². The largest absolute Gasteiger partial charge is 0.497 e. The van der Waals surface area contributed by atoms with Crippen LogP contribution in [0.15, 0.2) is 24.3 Å². The molecule has 0 spiro atoms. The van der Waals surface area contributed by atoms with Crippen molar-refractivity contribution in [1.82, 2.24) is 0 Å². The summed E-state index contributed by atoms with van der Waals surface area (Å²) in [6.45, 7) is 1.11. The predicted molar refractivity (Wildman–Crippen MR) is 70.9 cm³/mol. The maximum Gasteiger partial charge on any atom is 0.118 e. The average Bonchev–Trinajstić information content (AvgIpc) is 2.91. The topological polar surface area (TPSA) is 38.7 Å². The third kappa shape index (κ3) is 3.72. The van der Waals surface area contributed by atoms with Gasteiger partial charge in [-0.05, 0) is 49.3 Å². The Balaban J connectivity index is 1.87. The van der Waals surface area contributed by atoms with Crippen molar-refractivity contribution in [2.45, 2.75) is 31.8 Å². The Bertz CT molecular complexity index is 341. The van der Waals surface area contributed by atoms with Crippen molar-refractivity contribution in [3.63, 3.8) is 0 Å². The molecule has 3 nitrogen and oxygen atoms in total. The first-order valence-electron chi connectivity index (χ1n) is 6.67. The lowest BCUT2D eigenvalue weighted by Crippen LogP contribution is -2.18. The lowest BCUT2D eigenvalue weighted by atomic mass is 9.93. The Morgan fingerprint density at radius 2 is 2.17 bits per heavy atom. The first-order valence-corrected chi connectivity index (χ1v) is 6.67. The van der Waals surface area contributed by atoms with Crippen molar-refractivity contribution in [1.29, 1.82) is 0 Å². The summed E-state index contributed by atoms with van der Waals surface area (Å²) in [5.74, 6) is 1.17. The normalized spacial score (nSPS) is 20.9. The van der Waals surface area contributed by atoms with E-state index in [1.165, 1.54) is 5.56 Å². The summed E-state index contributed by atoms with van der Waals surface area (Å²) in [5, 5.41) is 9.47. The zero-order valence-electron chi connectivity index (χ0n) is 11.0. The van der Waals surface area contributed by atoms with Crippen LogP contribution in [0.2, 0.25) is 0 Å². The van der Waals surface area contributed by atoms with Gasteiger partial charge in [0.15, 0.2) is 0 Å². The number of benzene rings is 1. The lowest BCUT2D eigenvalue weighted by Gasteiger charge is -2.18. The summed E-state index contributed by atoms with van der Waals surface area (Å²) in [6.07, 6.45) is 4.51. The van der Waals surface area contributed by atoms with Crippen LogP contribution in [0.3, 0.4) is 0 Å². The van der Waals surface area contributed by atoms with E-state index in [0.29, 0.717) is 12.0 Å². The third-order valence-corrected chi connectivity index (χ3v) is 3.56. The first kappa shape index (κ1) is 13.4. The van der Waals surface area contributed by atoms with Crippen LogP contribution in [0.1, 0.15) is 24.8 Å². The molecule has 1 saturated heterocycles. The van der Waals surface area contributed by atoms with Gasteiger partial charge in [-0.3, -0.25) is 0 Å². The van der Waals surface area contributed by atoms with E-state index in [2.05, 4.69) is 12.1 Å². The minimum absolute atomic E-state index is 0.228. The van der Waals surface area contributed by atoms with Crippen LogP contribution in [0.25, 0.3) is 0 Å². The molecule has 1 N–H and O–H groups in total. The molecule has 1 aliphatic heterocycles. The Morgan fingerprint density at radius 3 is 2.72 bits per heavy atom. The predicted octanol–water partition coefficient (Wildman–Crippen LogP) is 2.42. The smallest absolute Gasteiger partial charge is 0.118 e. The standard InChI is InChI=1S/C15H22O3/c1-17-14-6-4-12(5-7-14)9-13(11-16)10-15-3-2-8-18-15/h4-7,13,15-16H,2-3,8-11H2,1H3. The number of ether oxygens (including phenoxy) is 2. The summed E-state index contributed by atoms with van der Waals surface area (Å²) in [4.78, 5) is 0. The number of hydrogen-bond acceptors (Lipinski definition) is 3. The number of methoxy groups -OCH3 is 1. The number of hydrogen-bond donors (Lipinski definition) is 1. The second-order valence-corrected chi connectivity index (χ2v) is 4.97. The lowest BCUT2D eigenvalue weighted by molar-refractivity contribution is 0.0766. The molecule has 100 valence electrons. The number of aliphatic hydroxyl groups excluding tert-OH is 1. The molecule has 0 radical (unpaired) electrons. The molecule has 0 aliphatic carbocycles. The van der Waals surface area contributed by atoms with E-state index in [-0.39, 0.29) is 6.61 Å². The van der Waals surface area contributed by atoms with Crippen LogP contribution in [-0.2, 0) is 11.2 Å². The summed E-state index contributed by atoms with van der Waals surface area (Å²) in [6, 6.07) is 8.07. The fourth-order valence-electron chi connectivity index (χ4n) is 2.52. The summed E-state index contributed by atoms with van der Waals surface area (Å²) < 4.78 is 10.8. The molecular formula is C15H22O3. The molecule has 0 bridgehead atoms. The van der Waals surface area contributed by atoms with Crippen molar-refractivity contribution in [2.24, 2.45) is 5.92 Å². The van der Waals surface area contributed by atoms with E-state index in [9.17, 15) is 5.11 Å². The monoisotopic (exact) mass is 250 g/mol. The van der Waals surface area contributed by atoms with Crippen LogP contribution < -0.4 is 4.74 Å². The molecule has 0 aromatic heterocycles. The van der Waals surface area contributed by atoms with Gasteiger partial charge in [0, 0.05) is 13.2 Å². The molecule has 0 amide bonds. The maximum atomic E-state index is 9.47. The van der Waals surface area contributed by atoms with Gasteiger partial charge in [-0.25, -0.2) is 0 Å². The molecule has 1 fully saturated rings. The van der Waals surface area contributed by atoms with Gasteiger partial charge in [0.25, 0.3) is 0 Å². The van der Waals surface area contributed by atoms with Gasteiger partial charge in [-0.2, -0.15) is 0 Å². The van der Waals surface area contributed by atoms with Gasteiger partial charge in [-0.1, -0.05) is 12.1 Å². The summed E-state index contributed by atoms with van der Waals surface area (Å²) in [7, 11) is 1.67. The van der Waals surface area contributed by atoms with Gasteiger partial charge >= 0.3 is 0 Å². The maximum absolute atomic E-state index is 9.47. The zero-order valence-corrected chi connectivity index (χ0v) is 11.0. The van der Waals surface area contributed by atoms with Crippen LogP contribution in [0, 0.1) is 5.92 Å². The fourth-order valence-corrected chi connectivity index (χ4v) is 2.52. The van der Waals surface area contributed by atoms with Gasteiger partial charge in [0.1, 0.15) is 5.75 Å². The van der Waals surface area contributed by atoms with E-state index in [1.54, 1.807) is 7.11 Å². The van der Waals surface area contributed by atoms with Crippen molar-refractivity contribution < 1.29 is 14.6 Å². The SMILES string of the molecule is COc1ccc(CC(CO)CC2CCCO2)cc1. The molecule has 2 atom stereocenters. The molecule has 1 aliphatic rings. The van der Waals surface area contributed by atoms with Gasteiger partial charge in [0.2, 0.25) is 0 Å². The third-order valence-electron chi connectivity index (χ3n) is 3.56. The van der Waals surface area contributed by atoms with E-state index in [1.807, 2.05) is 12.1 Å². The minimum atomic E-state index is 0.228. The highest BCUT2D eigenvalue weighted by Gasteiger charge is 2.20. The van der Waals surface area contributed by atoms with Crippen molar-refractivity contribution in [3.8, 4) is 5.75 Å².